The lowest BCUT2D eigenvalue weighted by atomic mass is 9.90. The summed E-state index contributed by atoms with van der Waals surface area (Å²) < 4.78 is 56.4. The van der Waals surface area contributed by atoms with Crippen LogP contribution in [0.2, 0.25) is 0 Å². The normalized spacial score (nSPS) is 18.2. The van der Waals surface area contributed by atoms with Crippen LogP contribution in [0.3, 0.4) is 0 Å². The lowest BCUT2D eigenvalue weighted by Gasteiger charge is -2.39. The molecule has 0 aromatic heterocycles. The summed E-state index contributed by atoms with van der Waals surface area (Å²) in [6.45, 7) is -0.539. The van der Waals surface area contributed by atoms with Crippen molar-refractivity contribution in [3.63, 3.8) is 0 Å². The number of ether oxygens (including phenoxy) is 1. The quantitative estimate of drug-likeness (QED) is 0.851. The Kier molecular flexibility index (Phi) is 4.32. The van der Waals surface area contributed by atoms with Crippen molar-refractivity contribution >= 4 is 5.91 Å². The van der Waals surface area contributed by atoms with Crippen LogP contribution in [0.25, 0.3) is 0 Å². The van der Waals surface area contributed by atoms with Crippen molar-refractivity contribution in [3.05, 3.63) is 29.6 Å². The van der Waals surface area contributed by atoms with Gasteiger partial charge >= 0.3 is 6.18 Å². The van der Waals surface area contributed by atoms with Gasteiger partial charge in [-0.25, -0.2) is 4.39 Å². The number of likely N-dealkylation sites (tertiary alicyclic amines) is 1. The van der Waals surface area contributed by atoms with Crippen LogP contribution in [-0.2, 0) is 0 Å². The Bertz CT molecular complexity index is 566. The lowest BCUT2D eigenvalue weighted by molar-refractivity contribution is -0.271. The summed E-state index contributed by atoms with van der Waals surface area (Å²) in [4.78, 5) is 13.5. The van der Waals surface area contributed by atoms with Crippen LogP contribution in [0, 0.1) is 5.82 Å². The van der Waals surface area contributed by atoms with E-state index in [2.05, 4.69) is 0 Å². The minimum absolute atomic E-state index is 0.0556. The Morgan fingerprint density at radius 3 is 2.41 bits per heavy atom. The van der Waals surface area contributed by atoms with Gasteiger partial charge in [0.25, 0.3) is 5.91 Å². The standard InChI is InChI=1S/C14H15F4NO3/c1-22-11-3-2-9(15)8-10(11)12(20)19-6-4-13(21,5-7-19)14(16,17)18/h2-3,8,21H,4-7H2,1H3. The number of rotatable bonds is 2. The van der Waals surface area contributed by atoms with Gasteiger partial charge in [0.05, 0.1) is 12.7 Å². The van der Waals surface area contributed by atoms with Gasteiger partial charge < -0.3 is 14.7 Å². The molecule has 4 nitrogen and oxygen atoms in total. The van der Waals surface area contributed by atoms with Crippen molar-refractivity contribution in [2.45, 2.75) is 24.6 Å². The summed E-state index contributed by atoms with van der Waals surface area (Å²) in [6.07, 6.45) is -5.96. The fourth-order valence-corrected chi connectivity index (χ4v) is 2.38. The first-order valence-corrected chi connectivity index (χ1v) is 6.60. The maximum Gasteiger partial charge on any atom is 0.417 e. The SMILES string of the molecule is COc1ccc(F)cc1C(=O)N1CCC(O)(C(F)(F)F)CC1. The zero-order valence-electron chi connectivity index (χ0n) is 11.8. The molecular weight excluding hydrogens is 306 g/mol. The van der Waals surface area contributed by atoms with Gasteiger partial charge in [0.15, 0.2) is 5.60 Å². The van der Waals surface area contributed by atoms with E-state index in [0.717, 1.165) is 17.0 Å². The molecule has 1 aromatic rings. The highest BCUT2D eigenvalue weighted by Gasteiger charge is 2.55. The zero-order valence-corrected chi connectivity index (χ0v) is 11.8. The number of benzene rings is 1. The largest absolute Gasteiger partial charge is 0.496 e. The lowest BCUT2D eigenvalue weighted by Crippen LogP contribution is -2.54. The third-order valence-electron chi connectivity index (χ3n) is 3.80. The highest BCUT2D eigenvalue weighted by Crippen LogP contribution is 2.38. The Labute approximate surface area is 124 Å². The summed E-state index contributed by atoms with van der Waals surface area (Å²) in [7, 11) is 1.31. The van der Waals surface area contributed by atoms with E-state index in [1.54, 1.807) is 0 Å². The second-order valence-corrected chi connectivity index (χ2v) is 5.17. The number of hydrogen-bond acceptors (Lipinski definition) is 3. The first-order valence-electron chi connectivity index (χ1n) is 6.60. The molecule has 1 fully saturated rings. The Balaban J connectivity index is 2.15. The summed E-state index contributed by atoms with van der Waals surface area (Å²) in [5, 5.41) is 9.58. The van der Waals surface area contributed by atoms with Gasteiger partial charge in [0, 0.05) is 25.9 Å². The van der Waals surface area contributed by atoms with E-state index in [9.17, 15) is 27.5 Å². The van der Waals surface area contributed by atoms with Gasteiger partial charge in [-0.05, 0) is 18.2 Å². The van der Waals surface area contributed by atoms with E-state index in [4.69, 9.17) is 4.74 Å². The number of carbonyl (C=O) groups excluding carboxylic acids is 1. The molecule has 0 aliphatic carbocycles. The summed E-state index contributed by atoms with van der Waals surface area (Å²) in [5.74, 6) is -1.13. The second-order valence-electron chi connectivity index (χ2n) is 5.17. The van der Waals surface area contributed by atoms with E-state index in [-0.39, 0.29) is 24.4 Å². The van der Waals surface area contributed by atoms with E-state index in [1.165, 1.54) is 13.2 Å². The molecule has 1 saturated heterocycles. The fourth-order valence-electron chi connectivity index (χ4n) is 2.38. The number of hydrogen-bond donors (Lipinski definition) is 1. The number of halogens is 4. The number of alkyl halides is 3. The van der Waals surface area contributed by atoms with Crippen LogP contribution in [-0.4, -0.2) is 47.9 Å². The van der Waals surface area contributed by atoms with Crippen LogP contribution in [0.5, 0.6) is 5.75 Å². The highest BCUT2D eigenvalue weighted by molar-refractivity contribution is 5.97. The second kappa shape index (κ2) is 5.75. The van der Waals surface area contributed by atoms with Gasteiger partial charge in [0.2, 0.25) is 0 Å². The van der Waals surface area contributed by atoms with Gasteiger partial charge in [-0.15, -0.1) is 0 Å². The first kappa shape index (κ1) is 16.5. The van der Waals surface area contributed by atoms with Crippen LogP contribution >= 0.6 is 0 Å². The van der Waals surface area contributed by atoms with Gasteiger partial charge in [0.1, 0.15) is 11.6 Å². The van der Waals surface area contributed by atoms with Crippen LogP contribution < -0.4 is 4.74 Å². The predicted molar refractivity (Wildman–Crippen MR) is 69.1 cm³/mol. The molecule has 0 unspecified atom stereocenters. The molecule has 1 aliphatic rings. The number of amides is 1. The maximum absolute atomic E-state index is 13.3. The number of aliphatic hydroxyl groups is 1. The van der Waals surface area contributed by atoms with Gasteiger partial charge in [-0.2, -0.15) is 13.2 Å². The minimum Gasteiger partial charge on any atom is -0.496 e. The van der Waals surface area contributed by atoms with Crippen LogP contribution in [0.1, 0.15) is 23.2 Å². The molecule has 1 heterocycles. The summed E-state index contributed by atoms with van der Waals surface area (Å²) >= 11 is 0. The van der Waals surface area contributed by atoms with Crippen LogP contribution in [0.15, 0.2) is 18.2 Å². The fraction of sp³-hybridized carbons (Fsp3) is 0.500. The number of carbonyl (C=O) groups is 1. The molecule has 0 atom stereocenters. The molecule has 122 valence electrons. The number of piperidine rings is 1. The van der Waals surface area contributed by atoms with Gasteiger partial charge in [-0.1, -0.05) is 0 Å². The number of nitrogens with zero attached hydrogens (tertiary/aromatic N) is 1. The van der Waals surface area contributed by atoms with Gasteiger partial charge in [-0.3, -0.25) is 4.79 Å². The third kappa shape index (κ3) is 3.01. The van der Waals surface area contributed by atoms with Crippen LogP contribution in [0.4, 0.5) is 17.6 Å². The zero-order chi connectivity index (χ0) is 16.5. The molecule has 1 N–H and O–H groups in total. The van der Waals surface area contributed by atoms with E-state index >= 15 is 0 Å². The minimum atomic E-state index is -4.74. The Morgan fingerprint density at radius 2 is 1.91 bits per heavy atom. The van der Waals surface area contributed by atoms with Crippen molar-refractivity contribution in [2.75, 3.05) is 20.2 Å². The average Bonchev–Trinajstić information content (AvgIpc) is 2.46. The molecule has 0 saturated carbocycles. The Morgan fingerprint density at radius 1 is 1.32 bits per heavy atom. The molecule has 0 bridgehead atoms. The van der Waals surface area contributed by atoms with E-state index < -0.39 is 36.3 Å². The summed E-state index contributed by atoms with van der Waals surface area (Å²) in [5.41, 5.74) is -2.84. The van der Waals surface area contributed by atoms with Crippen molar-refractivity contribution in [1.82, 2.24) is 4.90 Å². The highest BCUT2D eigenvalue weighted by atomic mass is 19.4. The maximum atomic E-state index is 13.3. The van der Waals surface area contributed by atoms with Crippen molar-refractivity contribution in [3.8, 4) is 5.75 Å². The Hall–Kier alpha value is -1.83. The predicted octanol–water partition coefficient (Wildman–Crippen LogP) is 2.36. The molecule has 1 aromatic carbocycles. The van der Waals surface area contributed by atoms with E-state index in [1.807, 2.05) is 0 Å². The molecular formula is C14H15F4NO3. The number of methoxy groups -OCH3 is 1. The summed E-state index contributed by atoms with van der Waals surface area (Å²) in [6, 6.07) is 3.37. The first-order chi connectivity index (χ1) is 10.2. The monoisotopic (exact) mass is 321 g/mol. The van der Waals surface area contributed by atoms with Crippen molar-refractivity contribution in [1.29, 1.82) is 0 Å². The molecule has 1 amide bonds. The third-order valence-corrected chi connectivity index (χ3v) is 3.80. The molecule has 0 spiro atoms. The molecule has 22 heavy (non-hydrogen) atoms. The molecule has 2 rings (SSSR count). The molecule has 1 aliphatic heterocycles. The van der Waals surface area contributed by atoms with Crippen molar-refractivity contribution in [2.24, 2.45) is 0 Å². The average molecular weight is 321 g/mol. The topological polar surface area (TPSA) is 49.8 Å². The van der Waals surface area contributed by atoms with Crippen molar-refractivity contribution < 1.29 is 32.2 Å². The molecule has 0 radical (unpaired) electrons. The van der Waals surface area contributed by atoms with E-state index in [0.29, 0.717) is 0 Å². The molecule has 8 heteroatoms. The smallest absolute Gasteiger partial charge is 0.417 e.